The van der Waals surface area contributed by atoms with Crippen LogP contribution in [0.5, 0.6) is 0 Å². The maximum Gasteiger partial charge on any atom is 0.132 e. The number of nitroso groups, excluding NO2 is 1. The number of unbranched alkanes of at least 4 members (excludes halogenated alkanes) is 3. The van der Waals surface area contributed by atoms with E-state index in [4.69, 9.17) is 0 Å². The third-order valence-electron chi connectivity index (χ3n) is 1.85. The number of Topliss-reactive ketones (excluding diaryl/α,β-unsaturated/α-hetero) is 1. The second kappa shape index (κ2) is 8.37. The molecule has 0 amide bonds. The van der Waals surface area contributed by atoms with Crippen LogP contribution in [-0.4, -0.2) is 12.3 Å². The molecule has 0 N–H and O–H groups in total. The van der Waals surface area contributed by atoms with E-state index in [-0.39, 0.29) is 0 Å². The number of carbonyl (C=O) groups excluding carboxylic acids is 1. The van der Waals surface area contributed by atoms with Crippen LogP contribution in [0.3, 0.4) is 0 Å². The first-order chi connectivity index (χ1) is 5.81. The van der Waals surface area contributed by atoms with E-state index in [2.05, 4.69) is 5.18 Å². The van der Waals surface area contributed by atoms with Gasteiger partial charge in [-0.25, -0.2) is 0 Å². The highest BCUT2D eigenvalue weighted by molar-refractivity contribution is 5.77. The Balaban J connectivity index is 3.00. The van der Waals surface area contributed by atoms with Crippen molar-refractivity contribution in [3.05, 3.63) is 4.91 Å². The fraction of sp³-hybridized carbons (Fsp3) is 0.889. The van der Waals surface area contributed by atoms with Crippen LogP contribution >= 0.6 is 0 Å². The first-order valence-electron chi connectivity index (χ1n) is 4.62. The minimum Gasteiger partial charge on any atom is -0.300 e. The maximum atomic E-state index is 10.8. The van der Waals surface area contributed by atoms with E-state index >= 15 is 0 Å². The summed E-state index contributed by atoms with van der Waals surface area (Å²) in [6.45, 7) is 2.31. The molecule has 0 aromatic carbocycles. The Labute approximate surface area is 73.5 Å². The molecule has 0 fully saturated rings. The number of nitrogens with zero attached hydrogens (tertiary/aromatic N) is 1. The van der Waals surface area contributed by atoms with Crippen LogP contribution in [0.4, 0.5) is 0 Å². The highest BCUT2D eigenvalue weighted by Crippen LogP contribution is 2.04. The Kier molecular flexibility index (Phi) is 7.86. The van der Waals surface area contributed by atoms with Gasteiger partial charge in [-0.1, -0.05) is 24.9 Å². The highest BCUT2D eigenvalue weighted by atomic mass is 16.3. The van der Waals surface area contributed by atoms with Gasteiger partial charge in [-0.3, -0.25) is 4.79 Å². The van der Waals surface area contributed by atoms with Gasteiger partial charge in [-0.2, -0.15) is 4.91 Å². The summed E-state index contributed by atoms with van der Waals surface area (Å²) >= 11 is 0. The largest absolute Gasteiger partial charge is 0.300 e. The van der Waals surface area contributed by atoms with Crippen molar-refractivity contribution in [3.63, 3.8) is 0 Å². The normalized spacial score (nSPS) is 9.75. The summed E-state index contributed by atoms with van der Waals surface area (Å²) in [5.41, 5.74) is 0. The van der Waals surface area contributed by atoms with Crippen LogP contribution in [0.1, 0.15) is 45.4 Å². The Bertz CT molecular complexity index is 134. The average Bonchev–Trinajstić information content (AvgIpc) is 2.10. The molecule has 0 aliphatic heterocycles. The molecular weight excluding hydrogens is 154 g/mol. The summed E-state index contributed by atoms with van der Waals surface area (Å²) < 4.78 is 0. The minimum atomic E-state index is 0.337. The standard InChI is InChI=1S/C9H17NO2/c1-2-9(11)7-5-3-4-6-8-10-12/h2-8H2,1H3. The first kappa shape index (κ1) is 11.3. The summed E-state index contributed by atoms with van der Waals surface area (Å²) in [5.74, 6) is 0.337. The van der Waals surface area contributed by atoms with Gasteiger partial charge in [0.1, 0.15) is 5.78 Å². The van der Waals surface area contributed by atoms with Crippen molar-refractivity contribution in [2.45, 2.75) is 45.4 Å². The van der Waals surface area contributed by atoms with E-state index in [0.717, 1.165) is 25.7 Å². The fourth-order valence-corrected chi connectivity index (χ4v) is 1.03. The molecule has 0 radical (unpaired) electrons. The number of rotatable bonds is 8. The topological polar surface area (TPSA) is 46.5 Å². The minimum absolute atomic E-state index is 0.337. The highest BCUT2D eigenvalue weighted by Gasteiger charge is 1.97. The van der Waals surface area contributed by atoms with Crippen molar-refractivity contribution >= 4 is 5.78 Å². The first-order valence-corrected chi connectivity index (χ1v) is 4.62. The van der Waals surface area contributed by atoms with Gasteiger partial charge in [-0.05, 0) is 12.8 Å². The number of hydrogen-bond acceptors (Lipinski definition) is 3. The quantitative estimate of drug-likeness (QED) is 0.416. The summed E-state index contributed by atoms with van der Waals surface area (Å²) in [4.78, 5) is 20.5. The summed E-state index contributed by atoms with van der Waals surface area (Å²) in [6.07, 6.45) is 5.24. The molecule has 3 heteroatoms. The maximum absolute atomic E-state index is 10.8. The lowest BCUT2D eigenvalue weighted by Gasteiger charge is -1.97. The molecule has 0 saturated carbocycles. The smallest absolute Gasteiger partial charge is 0.132 e. The third-order valence-corrected chi connectivity index (χ3v) is 1.85. The molecule has 0 spiro atoms. The molecule has 0 unspecified atom stereocenters. The molecule has 0 aromatic rings. The lowest BCUT2D eigenvalue weighted by molar-refractivity contribution is -0.118. The predicted octanol–water partition coefficient (Wildman–Crippen LogP) is 2.68. The molecular formula is C9H17NO2. The molecule has 12 heavy (non-hydrogen) atoms. The number of ketones is 1. The van der Waals surface area contributed by atoms with Gasteiger partial charge in [0, 0.05) is 12.8 Å². The van der Waals surface area contributed by atoms with Crippen molar-refractivity contribution < 1.29 is 4.79 Å². The molecule has 70 valence electrons. The summed E-state index contributed by atoms with van der Waals surface area (Å²) in [5, 5.41) is 2.77. The van der Waals surface area contributed by atoms with E-state index in [1.54, 1.807) is 0 Å². The monoisotopic (exact) mass is 171 g/mol. The Morgan fingerprint density at radius 2 is 1.83 bits per heavy atom. The van der Waals surface area contributed by atoms with Crippen molar-refractivity contribution in [2.24, 2.45) is 5.18 Å². The second-order valence-corrected chi connectivity index (χ2v) is 2.91. The Morgan fingerprint density at radius 1 is 1.17 bits per heavy atom. The van der Waals surface area contributed by atoms with Gasteiger partial charge in [0.25, 0.3) is 0 Å². The van der Waals surface area contributed by atoms with Crippen molar-refractivity contribution in [1.82, 2.24) is 0 Å². The van der Waals surface area contributed by atoms with Crippen molar-refractivity contribution in [2.75, 3.05) is 6.54 Å². The Hall–Kier alpha value is -0.730. The van der Waals surface area contributed by atoms with Gasteiger partial charge in [0.2, 0.25) is 0 Å². The second-order valence-electron chi connectivity index (χ2n) is 2.91. The molecule has 3 nitrogen and oxygen atoms in total. The summed E-state index contributed by atoms with van der Waals surface area (Å²) in [7, 11) is 0. The lowest BCUT2D eigenvalue weighted by atomic mass is 10.1. The third kappa shape index (κ3) is 7.38. The zero-order valence-electron chi connectivity index (χ0n) is 7.71. The van der Waals surface area contributed by atoms with Gasteiger partial charge >= 0.3 is 0 Å². The summed E-state index contributed by atoms with van der Waals surface area (Å²) in [6, 6.07) is 0. The van der Waals surface area contributed by atoms with Crippen LogP contribution in [0.15, 0.2) is 5.18 Å². The molecule has 0 saturated heterocycles. The molecule has 0 rings (SSSR count). The molecule has 0 aliphatic rings. The van der Waals surface area contributed by atoms with E-state index in [9.17, 15) is 9.70 Å². The van der Waals surface area contributed by atoms with Crippen molar-refractivity contribution in [1.29, 1.82) is 0 Å². The van der Waals surface area contributed by atoms with Crippen LogP contribution in [-0.2, 0) is 4.79 Å². The van der Waals surface area contributed by atoms with E-state index in [0.29, 0.717) is 25.2 Å². The van der Waals surface area contributed by atoms with Crippen LogP contribution in [0.2, 0.25) is 0 Å². The van der Waals surface area contributed by atoms with Gasteiger partial charge in [-0.15, -0.1) is 0 Å². The number of carbonyl (C=O) groups is 1. The van der Waals surface area contributed by atoms with Crippen LogP contribution < -0.4 is 0 Å². The van der Waals surface area contributed by atoms with E-state index in [1.165, 1.54) is 0 Å². The predicted molar refractivity (Wildman–Crippen MR) is 49.0 cm³/mol. The molecule has 0 aromatic heterocycles. The van der Waals surface area contributed by atoms with Gasteiger partial charge in [0.05, 0.1) is 6.54 Å². The van der Waals surface area contributed by atoms with E-state index < -0.39 is 0 Å². The zero-order chi connectivity index (χ0) is 9.23. The average molecular weight is 171 g/mol. The van der Waals surface area contributed by atoms with Crippen molar-refractivity contribution in [3.8, 4) is 0 Å². The molecule has 0 heterocycles. The van der Waals surface area contributed by atoms with Gasteiger partial charge in [0.15, 0.2) is 0 Å². The Morgan fingerprint density at radius 3 is 2.42 bits per heavy atom. The SMILES string of the molecule is CCC(=O)CCCCCCN=O. The zero-order valence-corrected chi connectivity index (χ0v) is 7.71. The van der Waals surface area contributed by atoms with Crippen LogP contribution in [0.25, 0.3) is 0 Å². The molecule has 0 aliphatic carbocycles. The van der Waals surface area contributed by atoms with Gasteiger partial charge < -0.3 is 0 Å². The molecule has 0 bridgehead atoms. The fourth-order valence-electron chi connectivity index (χ4n) is 1.03. The number of hydrogen-bond donors (Lipinski definition) is 0. The lowest BCUT2D eigenvalue weighted by Crippen LogP contribution is -1.94. The van der Waals surface area contributed by atoms with E-state index in [1.807, 2.05) is 6.92 Å². The molecule has 0 atom stereocenters. The van der Waals surface area contributed by atoms with Crippen LogP contribution in [0, 0.1) is 4.91 Å².